The number of rotatable bonds is 2. The number of ether oxygens (including phenoxy) is 1. The molecular weight excluding hydrogens is 316 g/mol. The van der Waals surface area contributed by atoms with E-state index >= 15 is 0 Å². The highest BCUT2D eigenvalue weighted by molar-refractivity contribution is 5.48. The molecule has 2 unspecified atom stereocenters. The monoisotopic (exact) mass is 332 g/mol. The van der Waals surface area contributed by atoms with E-state index in [1.54, 1.807) is 13.8 Å². The third-order valence-corrected chi connectivity index (χ3v) is 4.16. The Bertz CT molecular complexity index is 873. The molecule has 3 rings (SSSR count). The van der Waals surface area contributed by atoms with Crippen molar-refractivity contribution in [2.75, 3.05) is 0 Å². The molecule has 0 saturated carbocycles. The fourth-order valence-corrected chi connectivity index (χ4v) is 2.89. The van der Waals surface area contributed by atoms with Gasteiger partial charge in [-0.25, -0.2) is 0 Å². The van der Waals surface area contributed by atoms with Crippen molar-refractivity contribution in [3.8, 4) is 11.5 Å². The predicted octanol–water partition coefficient (Wildman–Crippen LogP) is 1.58. The molecule has 24 heavy (non-hydrogen) atoms. The number of pyridine rings is 1. The van der Waals surface area contributed by atoms with Crippen LogP contribution in [0.4, 0.5) is 5.69 Å². The molecule has 0 radical (unpaired) electrons. The number of hydrogen-bond acceptors (Lipinski definition) is 6. The second kappa shape index (κ2) is 5.34. The van der Waals surface area contributed by atoms with E-state index in [9.17, 15) is 25.1 Å². The summed E-state index contributed by atoms with van der Waals surface area (Å²) in [4.78, 5) is 22.8. The zero-order valence-electron chi connectivity index (χ0n) is 13.0. The van der Waals surface area contributed by atoms with Crippen LogP contribution in [0.25, 0.3) is 0 Å². The van der Waals surface area contributed by atoms with Crippen LogP contribution in [-0.4, -0.2) is 31.4 Å². The maximum Gasteiger partial charge on any atom is 0.293 e. The molecule has 2 atom stereocenters. The van der Waals surface area contributed by atoms with Gasteiger partial charge in [0.15, 0.2) is 5.75 Å². The number of non-ortho nitro benzene ring substituents is 1. The van der Waals surface area contributed by atoms with Crippen LogP contribution in [0.15, 0.2) is 41.3 Å². The van der Waals surface area contributed by atoms with Crippen molar-refractivity contribution >= 4 is 5.69 Å². The van der Waals surface area contributed by atoms with Crippen molar-refractivity contribution in [1.82, 2.24) is 4.57 Å². The quantitative estimate of drug-likeness (QED) is 0.637. The number of aromatic hydroxyl groups is 1. The molecule has 1 aromatic heterocycles. The van der Waals surface area contributed by atoms with Crippen LogP contribution in [0.5, 0.6) is 11.5 Å². The number of benzene rings is 1. The number of fused-ring (bicyclic) bond motifs is 1. The Balaban J connectivity index is 2.28. The Morgan fingerprint density at radius 2 is 2.04 bits per heavy atom. The Labute approximate surface area is 136 Å². The molecule has 2 heterocycles. The summed E-state index contributed by atoms with van der Waals surface area (Å²) in [7, 11) is 0. The lowest BCUT2D eigenvalue weighted by atomic mass is 9.86. The number of nitro groups is 1. The first-order valence-electron chi connectivity index (χ1n) is 7.28. The van der Waals surface area contributed by atoms with Crippen molar-refractivity contribution in [3.05, 3.63) is 62.6 Å². The van der Waals surface area contributed by atoms with Gasteiger partial charge >= 0.3 is 0 Å². The van der Waals surface area contributed by atoms with Crippen LogP contribution in [-0.2, 0) is 0 Å². The zero-order valence-corrected chi connectivity index (χ0v) is 13.0. The Morgan fingerprint density at radius 3 is 2.71 bits per heavy atom. The van der Waals surface area contributed by atoms with E-state index in [2.05, 4.69) is 0 Å². The van der Waals surface area contributed by atoms with Gasteiger partial charge in [-0.05, 0) is 32.0 Å². The van der Waals surface area contributed by atoms with Crippen LogP contribution in [0, 0.1) is 10.1 Å². The molecule has 8 heteroatoms. The van der Waals surface area contributed by atoms with Gasteiger partial charge in [-0.1, -0.05) is 0 Å². The molecule has 1 aliphatic rings. The standard InChI is InChI=1S/C16H16N2O6/c1-16(2)14(20)13(17-7-3-4-11(19)15(17)21)10-8-9(18(22)23)5-6-12(10)24-16/h3-8,13-14,19-20H,1-2H3. The topological polar surface area (TPSA) is 115 Å². The first-order chi connectivity index (χ1) is 11.2. The molecule has 0 aliphatic carbocycles. The smallest absolute Gasteiger partial charge is 0.293 e. The van der Waals surface area contributed by atoms with Gasteiger partial charge in [0.25, 0.3) is 11.2 Å². The minimum absolute atomic E-state index is 0.178. The third-order valence-electron chi connectivity index (χ3n) is 4.16. The number of nitro benzene ring substituents is 1. The number of nitrogens with zero attached hydrogens (tertiary/aromatic N) is 2. The average Bonchev–Trinajstić information content (AvgIpc) is 2.51. The summed E-state index contributed by atoms with van der Waals surface area (Å²) < 4.78 is 6.90. The van der Waals surface area contributed by atoms with Crippen molar-refractivity contribution in [1.29, 1.82) is 0 Å². The van der Waals surface area contributed by atoms with Gasteiger partial charge in [-0.15, -0.1) is 0 Å². The number of aliphatic hydroxyl groups is 1. The highest BCUT2D eigenvalue weighted by atomic mass is 16.6. The molecule has 0 amide bonds. The molecule has 1 aromatic carbocycles. The summed E-state index contributed by atoms with van der Waals surface area (Å²) in [6.07, 6.45) is 0.256. The third kappa shape index (κ3) is 2.41. The van der Waals surface area contributed by atoms with E-state index < -0.39 is 34.0 Å². The van der Waals surface area contributed by atoms with E-state index in [0.29, 0.717) is 11.3 Å². The summed E-state index contributed by atoms with van der Waals surface area (Å²) in [6, 6.07) is 5.79. The van der Waals surface area contributed by atoms with Gasteiger partial charge < -0.3 is 19.5 Å². The normalized spacial score (nSPS) is 21.6. The molecule has 1 aliphatic heterocycles. The predicted molar refractivity (Wildman–Crippen MR) is 84.3 cm³/mol. The molecule has 0 bridgehead atoms. The van der Waals surface area contributed by atoms with Gasteiger partial charge in [0.05, 0.1) is 11.0 Å². The number of aromatic nitrogens is 1. The maximum absolute atomic E-state index is 12.3. The van der Waals surface area contributed by atoms with Crippen LogP contribution >= 0.6 is 0 Å². The molecule has 0 spiro atoms. The number of aliphatic hydroxyl groups excluding tert-OH is 1. The van der Waals surface area contributed by atoms with E-state index in [4.69, 9.17) is 4.74 Å². The second-order valence-corrected chi connectivity index (χ2v) is 6.18. The average molecular weight is 332 g/mol. The molecule has 8 nitrogen and oxygen atoms in total. The number of hydrogen-bond donors (Lipinski definition) is 2. The lowest BCUT2D eigenvalue weighted by Gasteiger charge is -2.42. The minimum atomic E-state index is -1.16. The van der Waals surface area contributed by atoms with Crippen molar-refractivity contribution in [2.45, 2.75) is 31.6 Å². The fourth-order valence-electron chi connectivity index (χ4n) is 2.89. The van der Waals surface area contributed by atoms with Crippen molar-refractivity contribution in [3.63, 3.8) is 0 Å². The Hall–Kier alpha value is -2.87. The van der Waals surface area contributed by atoms with E-state index in [1.165, 1.54) is 36.5 Å². The van der Waals surface area contributed by atoms with Crippen molar-refractivity contribution in [2.24, 2.45) is 0 Å². The lowest BCUT2D eigenvalue weighted by molar-refractivity contribution is -0.385. The fraction of sp³-hybridized carbons (Fsp3) is 0.312. The van der Waals surface area contributed by atoms with Crippen LogP contribution < -0.4 is 10.3 Å². The summed E-state index contributed by atoms with van der Waals surface area (Å²) in [5, 5.41) is 31.4. The Morgan fingerprint density at radius 1 is 1.33 bits per heavy atom. The van der Waals surface area contributed by atoms with Gasteiger partial charge in [0.2, 0.25) is 0 Å². The maximum atomic E-state index is 12.3. The molecule has 0 fully saturated rings. The minimum Gasteiger partial charge on any atom is -0.503 e. The van der Waals surface area contributed by atoms with Gasteiger partial charge in [0.1, 0.15) is 17.5 Å². The molecule has 2 N–H and O–H groups in total. The summed E-state index contributed by atoms with van der Waals surface area (Å²) in [5.74, 6) is -0.128. The van der Waals surface area contributed by atoms with E-state index in [0.717, 1.165) is 4.57 Å². The van der Waals surface area contributed by atoms with Gasteiger partial charge in [-0.3, -0.25) is 14.9 Å². The second-order valence-electron chi connectivity index (χ2n) is 6.18. The SMILES string of the molecule is CC1(C)Oc2ccc([N+](=O)[O-])cc2C(n2cccc(O)c2=O)C1O. The van der Waals surface area contributed by atoms with E-state index in [1.807, 2.05) is 0 Å². The zero-order chi connectivity index (χ0) is 17.6. The van der Waals surface area contributed by atoms with Crippen LogP contribution in [0.3, 0.4) is 0 Å². The van der Waals surface area contributed by atoms with Crippen LogP contribution in [0.2, 0.25) is 0 Å². The molecule has 126 valence electrons. The summed E-state index contributed by atoms with van der Waals surface area (Å²) >= 11 is 0. The molecule has 2 aromatic rings. The summed E-state index contributed by atoms with van der Waals surface area (Å²) in [6.45, 7) is 3.31. The van der Waals surface area contributed by atoms with Crippen LogP contribution in [0.1, 0.15) is 25.5 Å². The molecule has 0 saturated heterocycles. The van der Waals surface area contributed by atoms with Gasteiger partial charge in [0, 0.05) is 23.9 Å². The first kappa shape index (κ1) is 16.0. The van der Waals surface area contributed by atoms with E-state index in [-0.39, 0.29) is 5.69 Å². The van der Waals surface area contributed by atoms with Gasteiger partial charge in [-0.2, -0.15) is 0 Å². The Kier molecular flexibility index (Phi) is 3.56. The highest BCUT2D eigenvalue weighted by Crippen LogP contribution is 2.42. The van der Waals surface area contributed by atoms with Crippen molar-refractivity contribution < 1.29 is 19.9 Å². The highest BCUT2D eigenvalue weighted by Gasteiger charge is 2.44. The largest absolute Gasteiger partial charge is 0.503 e. The lowest BCUT2D eigenvalue weighted by Crippen LogP contribution is -2.52. The molecular formula is C16H16N2O6. The summed E-state index contributed by atoms with van der Waals surface area (Å²) in [5.41, 5.74) is -1.60. The first-order valence-corrected chi connectivity index (χ1v) is 7.28.